The van der Waals surface area contributed by atoms with Crippen LogP contribution in [0.5, 0.6) is 5.75 Å². The van der Waals surface area contributed by atoms with Gasteiger partial charge in [-0.25, -0.2) is 0 Å². The molecule has 0 aromatic heterocycles. The maximum atomic E-state index is 10.0. The summed E-state index contributed by atoms with van der Waals surface area (Å²) in [6, 6.07) is 6.01. The highest BCUT2D eigenvalue weighted by Crippen LogP contribution is 2.34. The van der Waals surface area contributed by atoms with Gasteiger partial charge in [0.05, 0.1) is 0 Å². The van der Waals surface area contributed by atoms with Crippen molar-refractivity contribution in [3.8, 4) is 5.75 Å². The summed E-state index contributed by atoms with van der Waals surface area (Å²) in [6.07, 6.45) is 6.04. The molecule has 0 saturated carbocycles. The van der Waals surface area contributed by atoms with Crippen LogP contribution in [0.3, 0.4) is 0 Å². The van der Waals surface area contributed by atoms with E-state index in [-0.39, 0.29) is 5.41 Å². The quantitative estimate of drug-likeness (QED) is 0.454. The third-order valence-corrected chi connectivity index (χ3v) is 4.89. The summed E-state index contributed by atoms with van der Waals surface area (Å²) in [5.74, 6) is 2.32. The van der Waals surface area contributed by atoms with Gasteiger partial charge in [-0.15, -0.1) is 11.8 Å². The molecule has 0 aliphatic carbocycles. The lowest BCUT2D eigenvalue weighted by atomic mass is 9.86. The largest absolute Gasteiger partial charge is 0.508 e. The van der Waals surface area contributed by atoms with Gasteiger partial charge in [0.25, 0.3) is 0 Å². The van der Waals surface area contributed by atoms with E-state index in [1.807, 2.05) is 23.9 Å². The van der Waals surface area contributed by atoms with E-state index in [0.717, 1.165) is 17.2 Å². The maximum absolute atomic E-state index is 10.0. The maximum Gasteiger partial charge on any atom is 0.119 e. The van der Waals surface area contributed by atoms with Crippen molar-refractivity contribution in [2.45, 2.75) is 71.1 Å². The van der Waals surface area contributed by atoms with Gasteiger partial charge in [-0.1, -0.05) is 39.3 Å². The smallest absolute Gasteiger partial charge is 0.119 e. The molecule has 1 N–H and O–H groups in total. The van der Waals surface area contributed by atoms with Crippen LogP contribution in [-0.2, 0) is 5.41 Å². The van der Waals surface area contributed by atoms with Gasteiger partial charge in [0.15, 0.2) is 0 Å². The van der Waals surface area contributed by atoms with Crippen LogP contribution in [0.25, 0.3) is 0 Å². The first-order valence-electron chi connectivity index (χ1n) is 8.30. The van der Waals surface area contributed by atoms with Gasteiger partial charge in [0.1, 0.15) is 5.75 Å². The van der Waals surface area contributed by atoms with E-state index in [1.54, 1.807) is 0 Å². The average Bonchev–Trinajstić information content (AvgIpc) is 2.39. The number of aromatic hydroxyl groups is 1. The molecular formula is C20H32OS. The standard InChI is InChI=1S/C20H32OS/c1-15(2)8-7-9-16(3)12-13-22-17-10-11-19(21)18(14-17)20(4,5)6/h8,10-11,14,16,21H,7,9,12-13H2,1-6H3/t16-/m0/s1. The van der Waals surface area contributed by atoms with Gasteiger partial charge in [0.2, 0.25) is 0 Å². The van der Waals surface area contributed by atoms with Crippen molar-refractivity contribution in [3.05, 3.63) is 35.4 Å². The van der Waals surface area contributed by atoms with Crippen LogP contribution in [0, 0.1) is 5.92 Å². The predicted molar refractivity (Wildman–Crippen MR) is 100.0 cm³/mol. The zero-order valence-electron chi connectivity index (χ0n) is 15.1. The average molecular weight is 321 g/mol. The Morgan fingerprint density at radius 3 is 2.50 bits per heavy atom. The number of benzene rings is 1. The van der Waals surface area contributed by atoms with Gasteiger partial charge in [-0.3, -0.25) is 0 Å². The number of thioether (sulfide) groups is 1. The zero-order chi connectivity index (χ0) is 16.8. The molecule has 0 amide bonds. The second-order valence-electron chi connectivity index (χ2n) is 7.53. The topological polar surface area (TPSA) is 20.2 Å². The Morgan fingerprint density at radius 2 is 1.91 bits per heavy atom. The van der Waals surface area contributed by atoms with Crippen molar-refractivity contribution in [1.29, 1.82) is 0 Å². The number of hydrogen-bond acceptors (Lipinski definition) is 2. The van der Waals surface area contributed by atoms with Crippen LogP contribution in [-0.4, -0.2) is 10.9 Å². The van der Waals surface area contributed by atoms with Gasteiger partial charge in [0, 0.05) is 10.5 Å². The van der Waals surface area contributed by atoms with E-state index in [4.69, 9.17) is 0 Å². The molecule has 0 radical (unpaired) electrons. The minimum Gasteiger partial charge on any atom is -0.508 e. The Hall–Kier alpha value is -0.890. The highest BCUT2D eigenvalue weighted by Gasteiger charge is 2.18. The van der Waals surface area contributed by atoms with Crippen LogP contribution in [0.15, 0.2) is 34.7 Å². The lowest BCUT2D eigenvalue weighted by molar-refractivity contribution is 0.446. The van der Waals surface area contributed by atoms with Crippen LogP contribution >= 0.6 is 11.8 Å². The fourth-order valence-electron chi connectivity index (χ4n) is 2.38. The first-order valence-corrected chi connectivity index (χ1v) is 9.28. The van der Waals surface area contributed by atoms with Crippen molar-refractivity contribution in [2.75, 3.05) is 5.75 Å². The molecule has 22 heavy (non-hydrogen) atoms. The molecule has 0 saturated heterocycles. The molecule has 1 aromatic carbocycles. The summed E-state index contributed by atoms with van der Waals surface area (Å²) >= 11 is 1.90. The van der Waals surface area contributed by atoms with Gasteiger partial charge < -0.3 is 5.11 Å². The van der Waals surface area contributed by atoms with E-state index in [0.29, 0.717) is 5.75 Å². The fourth-order valence-corrected chi connectivity index (χ4v) is 3.51. The van der Waals surface area contributed by atoms with Gasteiger partial charge >= 0.3 is 0 Å². The van der Waals surface area contributed by atoms with Gasteiger partial charge in [-0.05, 0) is 68.4 Å². The molecule has 0 heterocycles. The van der Waals surface area contributed by atoms with Crippen molar-refractivity contribution >= 4 is 11.8 Å². The molecule has 1 atom stereocenters. The van der Waals surface area contributed by atoms with Crippen molar-refractivity contribution in [1.82, 2.24) is 0 Å². The minimum absolute atomic E-state index is 0.0156. The second-order valence-corrected chi connectivity index (χ2v) is 8.70. The Balaban J connectivity index is 2.47. The summed E-state index contributed by atoms with van der Waals surface area (Å²) in [6.45, 7) is 13.1. The third kappa shape index (κ3) is 6.91. The van der Waals surface area contributed by atoms with E-state index in [2.05, 4.69) is 53.7 Å². The molecular weight excluding hydrogens is 288 g/mol. The lowest BCUT2D eigenvalue weighted by Gasteiger charge is -2.21. The van der Waals surface area contributed by atoms with E-state index < -0.39 is 0 Å². The summed E-state index contributed by atoms with van der Waals surface area (Å²) in [7, 11) is 0. The Labute approximate surface area is 141 Å². The molecule has 1 aromatic rings. The first-order chi connectivity index (χ1) is 10.2. The minimum atomic E-state index is -0.0156. The van der Waals surface area contributed by atoms with E-state index in [1.165, 1.54) is 29.7 Å². The van der Waals surface area contributed by atoms with E-state index >= 15 is 0 Å². The highest BCUT2D eigenvalue weighted by molar-refractivity contribution is 7.99. The van der Waals surface area contributed by atoms with Crippen molar-refractivity contribution in [2.24, 2.45) is 5.92 Å². The molecule has 124 valence electrons. The Morgan fingerprint density at radius 1 is 1.23 bits per heavy atom. The predicted octanol–water partition coefficient (Wildman–Crippen LogP) is 6.55. The van der Waals surface area contributed by atoms with Crippen molar-refractivity contribution in [3.63, 3.8) is 0 Å². The number of allylic oxidation sites excluding steroid dienone is 2. The summed E-state index contributed by atoms with van der Waals surface area (Å²) in [4.78, 5) is 1.26. The summed E-state index contributed by atoms with van der Waals surface area (Å²) < 4.78 is 0. The van der Waals surface area contributed by atoms with Crippen LogP contribution in [0.2, 0.25) is 0 Å². The normalized spacial score (nSPS) is 13.0. The molecule has 1 nitrogen and oxygen atoms in total. The first kappa shape index (κ1) is 19.2. The number of hydrogen-bond donors (Lipinski definition) is 1. The zero-order valence-corrected chi connectivity index (χ0v) is 15.9. The second kappa shape index (κ2) is 8.67. The molecule has 1 rings (SSSR count). The van der Waals surface area contributed by atoms with Crippen LogP contribution in [0.1, 0.15) is 66.4 Å². The molecule has 2 heteroatoms. The van der Waals surface area contributed by atoms with Crippen LogP contribution < -0.4 is 0 Å². The molecule has 0 unspecified atom stereocenters. The molecule has 0 aliphatic heterocycles. The molecule has 0 fully saturated rings. The Kier molecular flexibility index (Phi) is 7.55. The summed E-state index contributed by atoms with van der Waals surface area (Å²) in [5, 5.41) is 10.0. The molecule has 0 aliphatic rings. The van der Waals surface area contributed by atoms with E-state index in [9.17, 15) is 5.11 Å². The molecule has 0 bridgehead atoms. The molecule has 0 spiro atoms. The number of phenols is 1. The SMILES string of the molecule is CC(C)=CCC[C@H](C)CCSc1ccc(O)c(C(C)(C)C)c1. The fraction of sp³-hybridized carbons (Fsp3) is 0.600. The third-order valence-electron chi connectivity index (χ3n) is 3.87. The monoisotopic (exact) mass is 320 g/mol. The lowest BCUT2D eigenvalue weighted by Crippen LogP contribution is -2.11. The highest BCUT2D eigenvalue weighted by atomic mass is 32.2. The Bertz CT molecular complexity index is 493. The summed E-state index contributed by atoms with van der Waals surface area (Å²) in [5.41, 5.74) is 2.44. The number of rotatable bonds is 7. The van der Waals surface area contributed by atoms with Gasteiger partial charge in [-0.2, -0.15) is 0 Å². The number of phenolic OH excluding ortho intramolecular Hbond substituents is 1. The van der Waals surface area contributed by atoms with Crippen LogP contribution in [0.4, 0.5) is 0 Å². The van der Waals surface area contributed by atoms with Crippen molar-refractivity contribution < 1.29 is 5.11 Å².